The summed E-state index contributed by atoms with van der Waals surface area (Å²) >= 11 is 0. The Kier molecular flexibility index (Phi) is 4.18. The zero-order valence-electron chi connectivity index (χ0n) is 10.9. The Labute approximate surface area is 108 Å². The molecule has 0 saturated heterocycles. The summed E-state index contributed by atoms with van der Waals surface area (Å²) in [5.74, 6) is 0.987. The molecule has 0 aliphatic carbocycles. The average molecular weight is 241 g/mol. The van der Waals surface area contributed by atoms with E-state index >= 15 is 0 Å². The van der Waals surface area contributed by atoms with Gasteiger partial charge in [0, 0.05) is 24.6 Å². The first kappa shape index (κ1) is 12.4. The van der Waals surface area contributed by atoms with E-state index < -0.39 is 0 Å². The van der Waals surface area contributed by atoms with Crippen molar-refractivity contribution in [3.8, 4) is 0 Å². The number of hydrogen-bond donors (Lipinski definition) is 1. The van der Waals surface area contributed by atoms with Crippen LogP contribution >= 0.6 is 0 Å². The lowest BCUT2D eigenvalue weighted by Crippen LogP contribution is -2.23. The van der Waals surface area contributed by atoms with E-state index in [0.717, 1.165) is 18.9 Å². The fraction of sp³-hybridized carbons (Fsp3) is 0.267. The molecule has 3 heteroatoms. The van der Waals surface area contributed by atoms with Crippen molar-refractivity contribution < 1.29 is 0 Å². The summed E-state index contributed by atoms with van der Waals surface area (Å²) in [6.07, 6.45) is 5.88. The largest absolute Gasteiger partial charge is 0.360 e. The van der Waals surface area contributed by atoms with Crippen LogP contribution < -0.4 is 4.90 Å². The van der Waals surface area contributed by atoms with E-state index in [9.17, 15) is 0 Å². The molecule has 0 amide bonds. The first-order valence-electron chi connectivity index (χ1n) is 6.17. The Balaban J connectivity index is 2.15. The van der Waals surface area contributed by atoms with E-state index in [0.29, 0.717) is 0 Å². The van der Waals surface area contributed by atoms with E-state index in [1.54, 1.807) is 6.20 Å². The number of hydrogen-bond acceptors (Lipinski definition) is 2. The number of H-pyrrole nitrogens is 1. The van der Waals surface area contributed by atoms with Gasteiger partial charge in [-0.15, -0.1) is 0 Å². The number of benzene rings is 1. The van der Waals surface area contributed by atoms with Gasteiger partial charge in [0.25, 0.3) is 0 Å². The molecular formula is C15H19N3. The van der Waals surface area contributed by atoms with E-state index in [1.807, 2.05) is 12.3 Å². The Morgan fingerprint density at radius 3 is 2.67 bits per heavy atom. The summed E-state index contributed by atoms with van der Waals surface area (Å²) < 4.78 is 0. The molecule has 0 fully saturated rings. The van der Waals surface area contributed by atoms with Gasteiger partial charge < -0.3 is 9.88 Å². The minimum absolute atomic E-state index is 0.792. The maximum atomic E-state index is 4.29. The molecule has 0 atom stereocenters. The van der Waals surface area contributed by atoms with Crippen LogP contribution in [0.5, 0.6) is 0 Å². The number of para-hydroxylation sites is 1. The molecule has 2 aromatic rings. The number of rotatable bonds is 5. The molecule has 0 bridgehead atoms. The van der Waals surface area contributed by atoms with Gasteiger partial charge in [-0.3, -0.25) is 0 Å². The van der Waals surface area contributed by atoms with Crippen LogP contribution in [0.2, 0.25) is 0 Å². The molecule has 0 saturated carbocycles. The minimum atomic E-state index is 0.792. The van der Waals surface area contributed by atoms with Crippen LogP contribution in [0.25, 0.3) is 0 Å². The van der Waals surface area contributed by atoms with Crippen LogP contribution in [0.1, 0.15) is 19.7 Å². The SMILES string of the molecule is CC(C)=CCN(Cc1ncc[nH]1)c1ccccc1. The molecule has 0 unspecified atom stereocenters. The highest BCUT2D eigenvalue weighted by molar-refractivity contribution is 5.46. The number of aromatic nitrogens is 2. The lowest BCUT2D eigenvalue weighted by molar-refractivity contribution is 0.817. The van der Waals surface area contributed by atoms with Crippen molar-refractivity contribution in [2.45, 2.75) is 20.4 Å². The van der Waals surface area contributed by atoms with Gasteiger partial charge in [0.05, 0.1) is 6.54 Å². The zero-order chi connectivity index (χ0) is 12.8. The molecule has 1 N–H and O–H groups in total. The summed E-state index contributed by atoms with van der Waals surface area (Å²) in [6, 6.07) is 10.4. The molecule has 1 aromatic heterocycles. The van der Waals surface area contributed by atoms with Crippen molar-refractivity contribution in [3.05, 3.63) is 60.2 Å². The van der Waals surface area contributed by atoms with Gasteiger partial charge in [0.1, 0.15) is 5.82 Å². The number of aromatic amines is 1. The van der Waals surface area contributed by atoms with Gasteiger partial charge in [-0.25, -0.2) is 4.98 Å². The molecule has 1 aromatic carbocycles. The van der Waals surface area contributed by atoms with Crippen molar-refractivity contribution in [2.24, 2.45) is 0 Å². The number of nitrogens with zero attached hydrogens (tertiary/aromatic N) is 2. The highest BCUT2D eigenvalue weighted by Crippen LogP contribution is 2.15. The van der Waals surface area contributed by atoms with Crippen molar-refractivity contribution in [3.63, 3.8) is 0 Å². The van der Waals surface area contributed by atoms with Crippen molar-refractivity contribution >= 4 is 5.69 Å². The zero-order valence-corrected chi connectivity index (χ0v) is 10.9. The van der Waals surface area contributed by atoms with Gasteiger partial charge in [0.2, 0.25) is 0 Å². The van der Waals surface area contributed by atoms with Crippen LogP contribution in [-0.4, -0.2) is 16.5 Å². The predicted molar refractivity (Wildman–Crippen MR) is 75.5 cm³/mol. The third kappa shape index (κ3) is 3.48. The second-order valence-corrected chi connectivity index (χ2v) is 4.53. The van der Waals surface area contributed by atoms with E-state index in [-0.39, 0.29) is 0 Å². The van der Waals surface area contributed by atoms with Crippen molar-refractivity contribution in [1.82, 2.24) is 9.97 Å². The fourth-order valence-electron chi connectivity index (χ4n) is 1.76. The Bertz CT molecular complexity index is 482. The topological polar surface area (TPSA) is 31.9 Å². The van der Waals surface area contributed by atoms with Crippen LogP contribution in [-0.2, 0) is 6.54 Å². The van der Waals surface area contributed by atoms with Gasteiger partial charge in [0.15, 0.2) is 0 Å². The molecule has 0 radical (unpaired) electrons. The van der Waals surface area contributed by atoms with E-state index in [2.05, 4.69) is 59.1 Å². The van der Waals surface area contributed by atoms with Crippen LogP contribution in [0.3, 0.4) is 0 Å². The predicted octanol–water partition coefficient (Wildman–Crippen LogP) is 3.38. The Morgan fingerprint density at radius 1 is 1.28 bits per heavy atom. The summed E-state index contributed by atoms with van der Waals surface area (Å²) in [5, 5.41) is 0. The standard InChI is InChI=1S/C15H19N3/c1-13(2)8-11-18(12-15-16-9-10-17-15)14-6-4-3-5-7-14/h3-10H,11-12H2,1-2H3,(H,16,17). The number of imidazole rings is 1. The maximum absolute atomic E-state index is 4.29. The summed E-state index contributed by atoms with van der Waals surface area (Å²) in [6.45, 7) is 5.93. The second-order valence-electron chi connectivity index (χ2n) is 4.53. The van der Waals surface area contributed by atoms with E-state index in [1.165, 1.54) is 11.3 Å². The third-order valence-corrected chi connectivity index (χ3v) is 2.74. The lowest BCUT2D eigenvalue weighted by Gasteiger charge is -2.22. The van der Waals surface area contributed by atoms with Gasteiger partial charge in [-0.2, -0.15) is 0 Å². The first-order valence-corrected chi connectivity index (χ1v) is 6.17. The highest BCUT2D eigenvalue weighted by Gasteiger charge is 2.06. The average Bonchev–Trinajstić information content (AvgIpc) is 2.88. The molecule has 0 aliphatic heterocycles. The van der Waals surface area contributed by atoms with Crippen molar-refractivity contribution in [1.29, 1.82) is 0 Å². The number of anilines is 1. The third-order valence-electron chi connectivity index (χ3n) is 2.74. The van der Waals surface area contributed by atoms with Gasteiger partial charge in [-0.05, 0) is 26.0 Å². The Hall–Kier alpha value is -2.03. The highest BCUT2D eigenvalue weighted by atomic mass is 15.1. The summed E-state index contributed by atoms with van der Waals surface area (Å²) in [5.41, 5.74) is 2.54. The Morgan fingerprint density at radius 2 is 2.06 bits per heavy atom. The fourth-order valence-corrected chi connectivity index (χ4v) is 1.76. The van der Waals surface area contributed by atoms with Crippen LogP contribution in [0.15, 0.2) is 54.4 Å². The van der Waals surface area contributed by atoms with E-state index in [4.69, 9.17) is 0 Å². The normalized spacial score (nSPS) is 10.1. The first-order chi connectivity index (χ1) is 8.75. The molecule has 0 aliphatic rings. The number of allylic oxidation sites excluding steroid dienone is 1. The minimum Gasteiger partial charge on any atom is -0.360 e. The quantitative estimate of drug-likeness (QED) is 0.814. The molecule has 0 spiro atoms. The smallest absolute Gasteiger partial charge is 0.125 e. The number of nitrogens with one attached hydrogen (secondary N) is 1. The molecule has 18 heavy (non-hydrogen) atoms. The molecule has 3 nitrogen and oxygen atoms in total. The molecule has 94 valence electrons. The molecule has 1 heterocycles. The van der Waals surface area contributed by atoms with Crippen LogP contribution in [0.4, 0.5) is 5.69 Å². The lowest BCUT2D eigenvalue weighted by atomic mass is 10.2. The van der Waals surface area contributed by atoms with Gasteiger partial charge in [-0.1, -0.05) is 29.8 Å². The van der Waals surface area contributed by atoms with Crippen LogP contribution in [0, 0.1) is 0 Å². The van der Waals surface area contributed by atoms with Crippen molar-refractivity contribution in [2.75, 3.05) is 11.4 Å². The maximum Gasteiger partial charge on any atom is 0.125 e. The monoisotopic (exact) mass is 241 g/mol. The molecule has 2 rings (SSSR count). The summed E-state index contributed by atoms with van der Waals surface area (Å²) in [4.78, 5) is 9.74. The second kappa shape index (κ2) is 6.05. The van der Waals surface area contributed by atoms with Gasteiger partial charge >= 0.3 is 0 Å². The molecular weight excluding hydrogens is 222 g/mol. The summed E-state index contributed by atoms with van der Waals surface area (Å²) in [7, 11) is 0.